The summed E-state index contributed by atoms with van der Waals surface area (Å²) >= 11 is 0. The second-order valence-corrected chi connectivity index (χ2v) is 6.95. The van der Waals surface area contributed by atoms with Crippen molar-refractivity contribution in [1.29, 1.82) is 0 Å². The molecule has 5 heteroatoms. The minimum Gasteiger partial charge on any atom is -0.381 e. The van der Waals surface area contributed by atoms with Crippen LogP contribution in [0.5, 0.6) is 0 Å². The lowest BCUT2D eigenvalue weighted by Gasteiger charge is -2.43. The van der Waals surface area contributed by atoms with Crippen LogP contribution in [0.25, 0.3) is 10.9 Å². The maximum atomic E-state index is 13.1. The zero-order valence-corrected chi connectivity index (χ0v) is 14.2. The van der Waals surface area contributed by atoms with Crippen LogP contribution in [0.15, 0.2) is 30.5 Å². The molecule has 2 aromatic rings. The molecule has 0 bridgehead atoms. The van der Waals surface area contributed by atoms with Crippen molar-refractivity contribution >= 4 is 16.8 Å². The molecule has 0 radical (unpaired) electrons. The molecule has 1 aliphatic carbocycles. The summed E-state index contributed by atoms with van der Waals surface area (Å²) in [6, 6.07) is 7.94. The SMILES string of the molecule is CO[C@@H]1CC[C@@]2(OC)CCN(C(=O)c3ccc4[nH]ccc4c3)[C@H]2C1. The van der Waals surface area contributed by atoms with Crippen molar-refractivity contribution in [2.45, 2.75) is 43.4 Å². The number of hydrogen-bond acceptors (Lipinski definition) is 3. The van der Waals surface area contributed by atoms with E-state index in [4.69, 9.17) is 9.47 Å². The molecule has 24 heavy (non-hydrogen) atoms. The van der Waals surface area contributed by atoms with Crippen molar-refractivity contribution in [1.82, 2.24) is 9.88 Å². The number of ether oxygens (including phenoxy) is 2. The lowest BCUT2D eigenvalue weighted by atomic mass is 9.79. The number of benzene rings is 1. The van der Waals surface area contributed by atoms with Gasteiger partial charge in [0.25, 0.3) is 5.91 Å². The molecule has 1 saturated carbocycles. The van der Waals surface area contributed by atoms with Gasteiger partial charge in [-0.15, -0.1) is 0 Å². The van der Waals surface area contributed by atoms with E-state index in [1.54, 1.807) is 14.2 Å². The van der Waals surface area contributed by atoms with Crippen molar-refractivity contribution in [3.63, 3.8) is 0 Å². The highest BCUT2D eigenvalue weighted by Crippen LogP contribution is 2.43. The lowest BCUT2D eigenvalue weighted by molar-refractivity contribution is -0.0893. The van der Waals surface area contributed by atoms with E-state index in [9.17, 15) is 4.79 Å². The van der Waals surface area contributed by atoms with Crippen LogP contribution in [0.1, 0.15) is 36.0 Å². The average Bonchev–Trinajstić information content (AvgIpc) is 3.24. The molecule has 5 nitrogen and oxygen atoms in total. The van der Waals surface area contributed by atoms with Crippen molar-refractivity contribution in [3.05, 3.63) is 36.0 Å². The van der Waals surface area contributed by atoms with E-state index in [0.717, 1.165) is 48.7 Å². The number of amides is 1. The predicted octanol–water partition coefficient (Wildman–Crippen LogP) is 2.97. The first-order valence-corrected chi connectivity index (χ1v) is 8.63. The fourth-order valence-corrected chi connectivity index (χ4v) is 4.47. The summed E-state index contributed by atoms with van der Waals surface area (Å²) in [6.45, 7) is 0.749. The molecule has 2 heterocycles. The first kappa shape index (κ1) is 15.7. The molecular formula is C19H24N2O3. The Kier molecular flexibility index (Phi) is 3.85. The van der Waals surface area contributed by atoms with Gasteiger partial charge in [-0.05, 0) is 49.9 Å². The quantitative estimate of drug-likeness (QED) is 0.942. The molecule has 128 valence electrons. The number of nitrogens with zero attached hydrogens (tertiary/aromatic N) is 1. The molecule has 1 aliphatic heterocycles. The first-order chi connectivity index (χ1) is 11.7. The Labute approximate surface area is 141 Å². The summed E-state index contributed by atoms with van der Waals surface area (Å²) in [4.78, 5) is 18.3. The normalized spacial score (nSPS) is 29.8. The van der Waals surface area contributed by atoms with Gasteiger partial charge in [0.2, 0.25) is 0 Å². The molecule has 0 unspecified atom stereocenters. The molecule has 4 rings (SSSR count). The molecule has 1 N–H and O–H groups in total. The molecule has 2 fully saturated rings. The van der Waals surface area contributed by atoms with Gasteiger partial charge < -0.3 is 19.4 Å². The Bertz CT molecular complexity index is 756. The Balaban J connectivity index is 1.63. The van der Waals surface area contributed by atoms with E-state index in [1.165, 1.54) is 0 Å². The van der Waals surface area contributed by atoms with Gasteiger partial charge in [-0.2, -0.15) is 0 Å². The molecule has 3 atom stereocenters. The van der Waals surface area contributed by atoms with Crippen molar-refractivity contribution < 1.29 is 14.3 Å². The standard InChI is InChI=1S/C19H24N2O3/c1-23-15-5-7-19(24-2)8-10-21(17(19)12-15)18(22)14-3-4-16-13(11-14)6-9-20-16/h3-4,6,9,11,15,17,20H,5,7-8,10,12H2,1-2H3/t15-,17+,19-/m1/s1. The van der Waals surface area contributed by atoms with Gasteiger partial charge in [0.05, 0.1) is 17.7 Å². The molecule has 1 saturated heterocycles. The smallest absolute Gasteiger partial charge is 0.254 e. The number of fused-ring (bicyclic) bond motifs is 2. The monoisotopic (exact) mass is 328 g/mol. The molecule has 2 aliphatic rings. The first-order valence-electron chi connectivity index (χ1n) is 8.63. The molecule has 1 aromatic heterocycles. The lowest BCUT2D eigenvalue weighted by Crippen LogP contribution is -2.53. The predicted molar refractivity (Wildman–Crippen MR) is 92.1 cm³/mol. The number of methoxy groups -OCH3 is 2. The summed E-state index contributed by atoms with van der Waals surface area (Å²) in [7, 11) is 3.53. The Morgan fingerprint density at radius 2 is 2.17 bits per heavy atom. The second-order valence-electron chi connectivity index (χ2n) is 6.95. The Hall–Kier alpha value is -1.85. The van der Waals surface area contributed by atoms with Gasteiger partial charge in [0, 0.05) is 43.4 Å². The van der Waals surface area contributed by atoms with Crippen LogP contribution in [0, 0.1) is 0 Å². The molecular weight excluding hydrogens is 304 g/mol. The Morgan fingerprint density at radius 1 is 1.29 bits per heavy atom. The van der Waals surface area contributed by atoms with E-state index in [-0.39, 0.29) is 23.7 Å². The van der Waals surface area contributed by atoms with Crippen LogP contribution < -0.4 is 0 Å². The van der Waals surface area contributed by atoms with Crippen LogP contribution in [0.3, 0.4) is 0 Å². The van der Waals surface area contributed by atoms with Gasteiger partial charge in [-0.3, -0.25) is 4.79 Å². The maximum absolute atomic E-state index is 13.1. The van der Waals surface area contributed by atoms with E-state index >= 15 is 0 Å². The number of nitrogens with one attached hydrogen (secondary N) is 1. The molecule has 1 amide bonds. The van der Waals surface area contributed by atoms with Crippen molar-refractivity contribution in [3.8, 4) is 0 Å². The number of aromatic nitrogens is 1. The fraction of sp³-hybridized carbons (Fsp3) is 0.526. The highest BCUT2D eigenvalue weighted by molar-refractivity contribution is 5.98. The summed E-state index contributed by atoms with van der Waals surface area (Å²) in [5.74, 6) is 0.0961. The van der Waals surface area contributed by atoms with Crippen LogP contribution >= 0.6 is 0 Å². The van der Waals surface area contributed by atoms with Crippen LogP contribution in [0.4, 0.5) is 0 Å². The highest BCUT2D eigenvalue weighted by atomic mass is 16.5. The van der Waals surface area contributed by atoms with Gasteiger partial charge in [-0.1, -0.05) is 0 Å². The van der Waals surface area contributed by atoms with E-state index in [0.29, 0.717) is 0 Å². The number of hydrogen-bond donors (Lipinski definition) is 1. The van der Waals surface area contributed by atoms with Crippen LogP contribution in [-0.2, 0) is 9.47 Å². The number of aromatic amines is 1. The summed E-state index contributed by atoms with van der Waals surface area (Å²) in [6.07, 6.45) is 5.81. The van der Waals surface area contributed by atoms with Crippen molar-refractivity contribution in [2.75, 3.05) is 20.8 Å². The number of carbonyl (C=O) groups excluding carboxylic acids is 1. The third-order valence-electron chi connectivity index (χ3n) is 5.94. The number of H-pyrrole nitrogens is 1. The van der Waals surface area contributed by atoms with E-state index < -0.39 is 0 Å². The zero-order valence-electron chi connectivity index (χ0n) is 14.2. The molecule has 0 spiro atoms. The average molecular weight is 328 g/mol. The minimum absolute atomic E-state index is 0.0932. The molecule has 1 aromatic carbocycles. The third-order valence-corrected chi connectivity index (χ3v) is 5.94. The van der Waals surface area contributed by atoms with Crippen LogP contribution in [-0.4, -0.2) is 54.3 Å². The van der Waals surface area contributed by atoms with E-state index in [1.807, 2.05) is 35.4 Å². The van der Waals surface area contributed by atoms with E-state index in [2.05, 4.69) is 4.98 Å². The van der Waals surface area contributed by atoms with Crippen LogP contribution in [0.2, 0.25) is 0 Å². The summed E-state index contributed by atoms with van der Waals surface area (Å²) in [5.41, 5.74) is 1.59. The van der Waals surface area contributed by atoms with Crippen molar-refractivity contribution in [2.24, 2.45) is 0 Å². The summed E-state index contributed by atoms with van der Waals surface area (Å²) < 4.78 is 11.5. The van der Waals surface area contributed by atoms with Gasteiger partial charge in [-0.25, -0.2) is 0 Å². The minimum atomic E-state index is -0.205. The zero-order chi connectivity index (χ0) is 16.7. The highest BCUT2D eigenvalue weighted by Gasteiger charge is 2.52. The van der Waals surface area contributed by atoms with Gasteiger partial charge in [0.1, 0.15) is 0 Å². The fourth-order valence-electron chi connectivity index (χ4n) is 4.47. The third kappa shape index (κ3) is 2.34. The Morgan fingerprint density at radius 3 is 2.96 bits per heavy atom. The van der Waals surface area contributed by atoms with Gasteiger partial charge in [0.15, 0.2) is 0 Å². The number of rotatable bonds is 3. The maximum Gasteiger partial charge on any atom is 0.254 e. The van der Waals surface area contributed by atoms with Gasteiger partial charge >= 0.3 is 0 Å². The largest absolute Gasteiger partial charge is 0.381 e. The number of likely N-dealkylation sites (tertiary alicyclic amines) is 1. The number of carbonyl (C=O) groups is 1. The topological polar surface area (TPSA) is 54.6 Å². The second kappa shape index (κ2) is 5.90. The summed E-state index contributed by atoms with van der Waals surface area (Å²) in [5, 5.41) is 1.07.